The Morgan fingerprint density at radius 2 is 1.03 bits per heavy atom. The summed E-state index contributed by atoms with van der Waals surface area (Å²) in [7, 11) is 3.39. The molecule has 4 saturated heterocycles. The van der Waals surface area contributed by atoms with Gasteiger partial charge in [0.15, 0.2) is 0 Å². The molecule has 4 aliphatic heterocycles. The van der Waals surface area contributed by atoms with Crippen LogP contribution in [0.15, 0.2) is 25.0 Å². The smallest absolute Gasteiger partial charge is 0.405 e. The first-order valence-electron chi connectivity index (χ1n) is 23.4. The maximum Gasteiger partial charge on any atom is 0.497 e. The Kier molecular flexibility index (Phi) is 22.3. The predicted octanol–water partition coefficient (Wildman–Crippen LogP) is 7.90. The van der Waals surface area contributed by atoms with Crippen LogP contribution in [0.5, 0.6) is 0 Å². The van der Waals surface area contributed by atoms with Crippen molar-refractivity contribution in [1.29, 1.82) is 0 Å². The van der Waals surface area contributed by atoms with Crippen molar-refractivity contribution in [2.45, 2.75) is 143 Å². The van der Waals surface area contributed by atoms with Gasteiger partial charge in [0.2, 0.25) is 0 Å². The minimum atomic E-state index is -1.15. The topological polar surface area (TPSA) is 142 Å². The zero-order chi connectivity index (χ0) is 49.4. The molecule has 381 valence electrons. The molecule has 1 radical (unpaired) electrons. The van der Waals surface area contributed by atoms with Gasteiger partial charge in [0, 0.05) is 77.0 Å². The van der Waals surface area contributed by atoms with Crippen molar-refractivity contribution in [3.05, 3.63) is 28.6 Å². The van der Waals surface area contributed by atoms with Gasteiger partial charge in [-0.3, -0.25) is 0 Å². The molecule has 0 amide bonds. The second-order valence-corrected chi connectivity index (χ2v) is 34.0. The maximum atomic E-state index is 6.41. The van der Waals surface area contributed by atoms with Crippen molar-refractivity contribution in [3.8, 4) is 0 Å². The van der Waals surface area contributed by atoms with Crippen molar-refractivity contribution in [3.63, 3.8) is 0 Å². The number of halogens is 1. The van der Waals surface area contributed by atoms with Gasteiger partial charge in [0.1, 0.15) is 49.0 Å². The van der Waals surface area contributed by atoms with E-state index in [1.807, 2.05) is 27.7 Å². The van der Waals surface area contributed by atoms with Gasteiger partial charge in [-0.05, 0) is 90.1 Å². The minimum Gasteiger partial charge on any atom is -0.405 e. The molecule has 8 heterocycles. The number of morpholine rings is 2. The van der Waals surface area contributed by atoms with Crippen LogP contribution in [-0.2, 0) is 51.0 Å². The summed E-state index contributed by atoms with van der Waals surface area (Å²) in [6.45, 7) is 39.3. The molecule has 4 fully saturated rings. The molecule has 4 aromatic heterocycles. The molecular weight excluding hydrogens is 1070 g/mol. The van der Waals surface area contributed by atoms with Crippen LogP contribution in [-0.4, -0.2) is 148 Å². The second kappa shape index (κ2) is 25.4. The van der Waals surface area contributed by atoms with Gasteiger partial charge in [-0.25, -0.2) is 19.9 Å². The summed E-state index contributed by atoms with van der Waals surface area (Å²) < 4.78 is 51.5. The number of ether oxygens (including phenoxy) is 4. The van der Waals surface area contributed by atoms with Gasteiger partial charge >= 0.3 is 14.8 Å². The van der Waals surface area contributed by atoms with E-state index in [2.05, 4.69) is 159 Å². The van der Waals surface area contributed by atoms with E-state index in [1.54, 1.807) is 12.7 Å². The number of rotatable bonds is 13. The molecule has 4 aliphatic rings. The quantitative estimate of drug-likeness (QED) is 0.0554. The van der Waals surface area contributed by atoms with E-state index >= 15 is 0 Å². The molecule has 0 bridgehead atoms. The van der Waals surface area contributed by atoms with Crippen molar-refractivity contribution >= 4 is 120 Å². The Labute approximate surface area is 431 Å². The number of nitrogens with zero attached hydrogens (tertiary/aromatic N) is 8. The number of hydrogen-bond acceptors (Lipinski definition) is 14. The summed E-state index contributed by atoms with van der Waals surface area (Å²) >= 11 is 2.37. The minimum absolute atomic E-state index is 0. The van der Waals surface area contributed by atoms with E-state index in [0.717, 1.165) is 97.8 Å². The number of aromatic nitrogens is 6. The van der Waals surface area contributed by atoms with Crippen molar-refractivity contribution in [2.75, 3.05) is 75.6 Å². The third-order valence-corrected chi connectivity index (χ3v) is 17.2. The van der Waals surface area contributed by atoms with Gasteiger partial charge in [-0.2, -0.15) is 9.90 Å². The largest absolute Gasteiger partial charge is 0.497 e. The number of fused-ring (bicyclic) bond motifs is 2. The molecule has 0 spiro atoms. The van der Waals surface area contributed by atoms with E-state index in [1.165, 1.54) is 17.3 Å². The summed E-state index contributed by atoms with van der Waals surface area (Å²) in [6.07, 6.45) is 7.47. The average molecular weight is 1150 g/mol. The molecule has 0 saturated carbocycles. The third kappa shape index (κ3) is 15.6. The maximum absolute atomic E-state index is 6.41. The van der Waals surface area contributed by atoms with E-state index in [4.69, 9.17) is 37.6 Å². The zero-order valence-corrected chi connectivity index (χ0v) is 51.3. The highest BCUT2D eigenvalue weighted by Gasteiger charge is 2.53. The summed E-state index contributed by atoms with van der Waals surface area (Å²) in [5.74, 6) is 1.91. The van der Waals surface area contributed by atoms with Crippen LogP contribution in [0.25, 0.3) is 22.1 Å². The lowest BCUT2D eigenvalue weighted by Gasteiger charge is -2.32. The standard InChI is InChI=1S/C22H37BN4O4Si.C16H25IN4O2Si.C6H12BO2.H4P2.H3P/c1-21(2)22(3,4)31-23(30-21)17-14-27(16-29-12-13-32(5,6)7)20-18(17)19(24-15-25-20)26-8-10-28-11-9-26;1-24(2,3)9-8-23-12-21-10-13(17)14-15(18-11-19-16(14)21)20-4-6-22-7-5-20;1-5(2)6(3,4)9-7-8-5;1-2;/h14-15H,8-13,16H2,1-7H3;10-11H,4-9,12H2,1-3H3;1-4H3;1-2H2;1H3. The first kappa shape index (κ1) is 59.7. The molecule has 68 heavy (non-hydrogen) atoms. The van der Waals surface area contributed by atoms with Gasteiger partial charge < -0.3 is 56.5 Å². The SMILES string of the molecule is CC1(C)OB(c2cn(COCC[Si](C)(C)C)c3ncnc(N4CCOCC4)c23)OC1(C)C.CC1(C)O[B]OC1(C)C.C[Si](C)(C)CCOCn1cc(I)c2c(N3CCOCC3)ncnc21.P.PP. The first-order valence-corrected chi connectivity index (χ1v) is 34.6. The van der Waals surface area contributed by atoms with Gasteiger partial charge in [-0.1, -0.05) is 39.3 Å². The zero-order valence-electron chi connectivity index (χ0n) is 43.4. The van der Waals surface area contributed by atoms with Crippen LogP contribution >= 0.6 is 50.3 Å². The summed E-state index contributed by atoms with van der Waals surface area (Å²) in [5, 5.41) is 2.09. The average Bonchev–Trinajstić information content (AvgIpc) is 3.95. The molecule has 16 nitrogen and oxygen atoms in total. The molecule has 4 aromatic rings. The Hall–Kier alpha value is -0.896. The molecule has 0 aliphatic carbocycles. The number of hydrogen-bond donors (Lipinski definition) is 0. The molecule has 3 atom stereocenters. The summed E-state index contributed by atoms with van der Waals surface area (Å²) in [5.41, 5.74) is 1.53. The van der Waals surface area contributed by atoms with Gasteiger partial charge in [0.25, 0.3) is 0 Å². The second-order valence-electron chi connectivity index (χ2n) is 21.6. The predicted molar refractivity (Wildman–Crippen MR) is 304 cm³/mol. The highest BCUT2D eigenvalue weighted by molar-refractivity contribution is 14.1. The highest BCUT2D eigenvalue weighted by atomic mass is 127. The fraction of sp³-hybridized carbons (Fsp3) is 0.727. The summed E-state index contributed by atoms with van der Waals surface area (Å²) in [4.78, 5) is 22.9. The fourth-order valence-corrected chi connectivity index (χ4v) is 9.54. The monoisotopic (exact) mass is 1150 g/mol. The van der Waals surface area contributed by atoms with Crippen LogP contribution in [0.1, 0.15) is 55.4 Å². The van der Waals surface area contributed by atoms with Crippen LogP contribution in [0.3, 0.4) is 0 Å². The molecule has 0 aromatic carbocycles. The van der Waals surface area contributed by atoms with E-state index in [0.29, 0.717) is 26.7 Å². The summed E-state index contributed by atoms with van der Waals surface area (Å²) in [6, 6.07) is 2.31. The lowest BCUT2D eigenvalue weighted by molar-refractivity contribution is 0.00578. The molecule has 0 N–H and O–H groups in total. The highest BCUT2D eigenvalue weighted by Crippen LogP contribution is 2.38. The van der Waals surface area contributed by atoms with Crippen molar-refractivity contribution in [2.24, 2.45) is 0 Å². The third-order valence-electron chi connectivity index (χ3n) is 13.0. The van der Waals surface area contributed by atoms with E-state index < -0.39 is 34.5 Å². The fourth-order valence-electron chi connectivity index (χ4n) is 7.20. The number of anilines is 2. The van der Waals surface area contributed by atoms with Crippen LogP contribution in [0.2, 0.25) is 51.4 Å². The van der Waals surface area contributed by atoms with Crippen LogP contribution in [0, 0.1) is 3.57 Å². The van der Waals surface area contributed by atoms with Gasteiger partial charge in [-0.15, -0.1) is 17.9 Å². The molecule has 24 heteroatoms. The Morgan fingerprint density at radius 1 is 0.632 bits per heavy atom. The lowest BCUT2D eigenvalue weighted by Crippen LogP contribution is -2.41. The lowest BCUT2D eigenvalue weighted by atomic mass is 9.79. The molecular formula is C44H81B2IN8O8P3Si2. The van der Waals surface area contributed by atoms with Crippen molar-refractivity contribution < 1.29 is 37.6 Å². The van der Waals surface area contributed by atoms with Crippen molar-refractivity contribution in [1.82, 2.24) is 29.1 Å². The van der Waals surface area contributed by atoms with Crippen LogP contribution in [0.4, 0.5) is 11.6 Å². The Balaban J connectivity index is 0.000000246. The van der Waals surface area contributed by atoms with E-state index in [9.17, 15) is 0 Å². The normalized spacial score (nSPS) is 19.6. The van der Waals surface area contributed by atoms with Gasteiger partial charge in [0.05, 0.1) is 59.6 Å². The van der Waals surface area contributed by atoms with E-state index in [-0.39, 0.29) is 21.1 Å². The first-order chi connectivity index (χ1) is 31.4. The molecule has 8 rings (SSSR count). The van der Waals surface area contributed by atoms with Crippen LogP contribution < -0.4 is 15.3 Å². The molecule has 3 unspecified atom stereocenters. The Bertz CT molecular complexity index is 2170. The Morgan fingerprint density at radius 3 is 1.43 bits per heavy atom.